The van der Waals surface area contributed by atoms with Gasteiger partial charge in [-0.3, -0.25) is 0 Å². The normalized spacial score (nSPS) is 12.9. The molecule has 0 spiro atoms. The second-order valence-electron chi connectivity index (χ2n) is 3.70. The third kappa shape index (κ3) is 3.60. The van der Waals surface area contributed by atoms with E-state index in [-0.39, 0.29) is 17.4 Å². The molecule has 0 aliphatic rings. The molecule has 1 unspecified atom stereocenters. The molecule has 1 heterocycles. The summed E-state index contributed by atoms with van der Waals surface area (Å²) in [5.41, 5.74) is -0.973. The molecule has 0 saturated carbocycles. The number of pyridine rings is 1. The van der Waals surface area contributed by atoms with Crippen LogP contribution < -0.4 is 5.32 Å². The maximum Gasteiger partial charge on any atom is 0.433 e. The Labute approximate surface area is 102 Å². The van der Waals surface area contributed by atoms with Gasteiger partial charge in [0, 0.05) is 13.2 Å². The van der Waals surface area contributed by atoms with Crippen LogP contribution in [0.25, 0.3) is 0 Å². The van der Waals surface area contributed by atoms with Crippen molar-refractivity contribution >= 4 is 5.82 Å². The molecule has 1 N–H and O–H groups in total. The van der Waals surface area contributed by atoms with E-state index in [0.29, 0.717) is 6.61 Å². The Hall–Kier alpha value is -1.81. The summed E-state index contributed by atoms with van der Waals surface area (Å²) in [6.45, 7) is 2.01. The van der Waals surface area contributed by atoms with Crippen LogP contribution in [0, 0.1) is 11.3 Å². The molecule has 7 heteroatoms. The fourth-order valence-electron chi connectivity index (χ4n) is 1.34. The van der Waals surface area contributed by atoms with Gasteiger partial charge in [0.1, 0.15) is 17.6 Å². The van der Waals surface area contributed by atoms with Gasteiger partial charge in [0.05, 0.1) is 12.2 Å². The van der Waals surface area contributed by atoms with E-state index in [9.17, 15) is 13.2 Å². The lowest BCUT2D eigenvalue weighted by molar-refractivity contribution is -0.141. The largest absolute Gasteiger partial charge is 0.433 e. The zero-order valence-electron chi connectivity index (χ0n) is 9.88. The quantitative estimate of drug-likeness (QED) is 0.902. The molecule has 1 atom stereocenters. The van der Waals surface area contributed by atoms with Gasteiger partial charge in [-0.2, -0.15) is 18.4 Å². The number of rotatable bonds is 4. The lowest BCUT2D eigenvalue weighted by atomic mass is 10.2. The fraction of sp³-hybridized carbons (Fsp3) is 0.455. The molecular weight excluding hydrogens is 247 g/mol. The third-order valence-electron chi connectivity index (χ3n) is 2.11. The predicted octanol–water partition coefficient (Wildman–Crippen LogP) is 2.42. The molecule has 0 aliphatic heterocycles. The van der Waals surface area contributed by atoms with Crippen LogP contribution in [0.15, 0.2) is 12.1 Å². The number of hydrogen-bond acceptors (Lipinski definition) is 4. The third-order valence-corrected chi connectivity index (χ3v) is 2.11. The van der Waals surface area contributed by atoms with Gasteiger partial charge < -0.3 is 10.1 Å². The molecule has 0 radical (unpaired) electrons. The van der Waals surface area contributed by atoms with Crippen molar-refractivity contribution < 1.29 is 17.9 Å². The molecule has 98 valence electrons. The first-order chi connectivity index (χ1) is 8.38. The maximum absolute atomic E-state index is 12.5. The second kappa shape index (κ2) is 5.69. The lowest BCUT2D eigenvalue weighted by Gasteiger charge is -2.15. The fourth-order valence-corrected chi connectivity index (χ4v) is 1.34. The zero-order valence-corrected chi connectivity index (χ0v) is 9.88. The highest BCUT2D eigenvalue weighted by Crippen LogP contribution is 2.29. The topological polar surface area (TPSA) is 57.9 Å². The van der Waals surface area contributed by atoms with Crippen LogP contribution in [-0.4, -0.2) is 24.7 Å². The Balaban J connectivity index is 3.04. The van der Waals surface area contributed by atoms with Crippen LogP contribution >= 0.6 is 0 Å². The van der Waals surface area contributed by atoms with Crippen molar-refractivity contribution in [2.75, 3.05) is 19.0 Å². The molecule has 0 aliphatic carbocycles. The van der Waals surface area contributed by atoms with Crippen molar-refractivity contribution in [3.8, 4) is 6.07 Å². The van der Waals surface area contributed by atoms with Gasteiger partial charge in [-0.25, -0.2) is 4.98 Å². The Morgan fingerprint density at radius 1 is 1.50 bits per heavy atom. The Bertz CT molecular complexity index is 454. The average molecular weight is 259 g/mol. The first kappa shape index (κ1) is 14.3. The number of anilines is 1. The summed E-state index contributed by atoms with van der Waals surface area (Å²) in [5.74, 6) is -0.0862. The van der Waals surface area contributed by atoms with Gasteiger partial charge in [0.15, 0.2) is 0 Å². The summed E-state index contributed by atoms with van der Waals surface area (Å²) in [5, 5.41) is 11.5. The highest BCUT2D eigenvalue weighted by atomic mass is 19.4. The molecule has 1 rings (SSSR count). The molecule has 0 amide bonds. The van der Waals surface area contributed by atoms with Crippen molar-refractivity contribution in [2.45, 2.75) is 19.1 Å². The minimum Gasteiger partial charge on any atom is -0.383 e. The summed E-state index contributed by atoms with van der Waals surface area (Å²) >= 11 is 0. The molecule has 0 saturated heterocycles. The zero-order chi connectivity index (χ0) is 13.8. The van der Waals surface area contributed by atoms with Crippen LogP contribution in [-0.2, 0) is 10.9 Å². The van der Waals surface area contributed by atoms with E-state index in [2.05, 4.69) is 10.3 Å². The second-order valence-corrected chi connectivity index (χ2v) is 3.70. The Kier molecular flexibility index (Phi) is 4.50. The van der Waals surface area contributed by atoms with Gasteiger partial charge in [0.25, 0.3) is 0 Å². The average Bonchev–Trinajstić information content (AvgIpc) is 2.28. The molecule has 0 bridgehead atoms. The van der Waals surface area contributed by atoms with E-state index >= 15 is 0 Å². The number of nitrogens with zero attached hydrogens (tertiary/aromatic N) is 2. The molecule has 1 aromatic heterocycles. The van der Waals surface area contributed by atoms with Gasteiger partial charge in [0.2, 0.25) is 0 Å². The SMILES string of the molecule is COCC(C)Nc1nc(C(F)(F)F)ccc1C#N. The van der Waals surface area contributed by atoms with E-state index in [1.807, 2.05) is 0 Å². The van der Waals surface area contributed by atoms with Crippen LogP contribution in [0.2, 0.25) is 0 Å². The summed E-state index contributed by atoms with van der Waals surface area (Å²) in [7, 11) is 1.48. The van der Waals surface area contributed by atoms with Crippen LogP contribution in [0.4, 0.5) is 19.0 Å². The molecule has 1 aromatic rings. The van der Waals surface area contributed by atoms with E-state index in [1.165, 1.54) is 7.11 Å². The summed E-state index contributed by atoms with van der Waals surface area (Å²) in [4.78, 5) is 3.42. The number of hydrogen-bond donors (Lipinski definition) is 1. The van der Waals surface area contributed by atoms with Crippen molar-refractivity contribution in [1.29, 1.82) is 5.26 Å². The number of nitrogens with one attached hydrogen (secondary N) is 1. The Morgan fingerprint density at radius 2 is 2.17 bits per heavy atom. The summed E-state index contributed by atoms with van der Waals surface area (Å²) < 4.78 is 42.3. The van der Waals surface area contributed by atoms with Crippen LogP contribution in [0.1, 0.15) is 18.2 Å². The van der Waals surface area contributed by atoms with Gasteiger partial charge >= 0.3 is 6.18 Å². The number of ether oxygens (including phenoxy) is 1. The lowest BCUT2D eigenvalue weighted by Crippen LogP contribution is -2.23. The smallest absolute Gasteiger partial charge is 0.383 e. The van der Waals surface area contributed by atoms with Gasteiger partial charge in [-0.15, -0.1) is 0 Å². The van der Waals surface area contributed by atoms with Crippen LogP contribution in [0.5, 0.6) is 0 Å². The molecular formula is C11H12F3N3O. The van der Waals surface area contributed by atoms with Crippen molar-refractivity contribution in [3.05, 3.63) is 23.4 Å². The van der Waals surface area contributed by atoms with Gasteiger partial charge in [-0.1, -0.05) is 0 Å². The van der Waals surface area contributed by atoms with E-state index in [1.54, 1.807) is 13.0 Å². The molecule has 4 nitrogen and oxygen atoms in total. The first-order valence-electron chi connectivity index (χ1n) is 5.12. The summed E-state index contributed by atoms with van der Waals surface area (Å²) in [6, 6.07) is 3.41. The number of aromatic nitrogens is 1. The number of halogens is 3. The van der Waals surface area contributed by atoms with Crippen molar-refractivity contribution in [3.63, 3.8) is 0 Å². The molecule has 0 aromatic carbocycles. The minimum absolute atomic E-state index is 0.0611. The summed E-state index contributed by atoms with van der Waals surface area (Å²) in [6.07, 6.45) is -4.53. The predicted molar refractivity (Wildman–Crippen MR) is 58.9 cm³/mol. The standard InChI is InChI=1S/C11H12F3N3O/c1-7(6-18-2)16-10-8(5-15)3-4-9(17-10)11(12,13)14/h3-4,7H,6H2,1-2H3,(H,16,17). The Morgan fingerprint density at radius 3 is 2.67 bits per heavy atom. The van der Waals surface area contributed by atoms with E-state index < -0.39 is 11.9 Å². The molecule has 0 fully saturated rings. The minimum atomic E-state index is -4.53. The number of methoxy groups -OCH3 is 1. The number of alkyl halides is 3. The van der Waals surface area contributed by atoms with E-state index in [4.69, 9.17) is 10.00 Å². The highest BCUT2D eigenvalue weighted by molar-refractivity contribution is 5.53. The van der Waals surface area contributed by atoms with Crippen molar-refractivity contribution in [1.82, 2.24) is 4.98 Å². The van der Waals surface area contributed by atoms with Gasteiger partial charge in [-0.05, 0) is 19.1 Å². The van der Waals surface area contributed by atoms with Crippen LogP contribution in [0.3, 0.4) is 0 Å². The van der Waals surface area contributed by atoms with Crippen molar-refractivity contribution in [2.24, 2.45) is 0 Å². The van der Waals surface area contributed by atoms with E-state index in [0.717, 1.165) is 12.1 Å². The monoisotopic (exact) mass is 259 g/mol. The highest BCUT2D eigenvalue weighted by Gasteiger charge is 2.33. The first-order valence-corrected chi connectivity index (χ1v) is 5.12. The maximum atomic E-state index is 12.5. The molecule has 18 heavy (non-hydrogen) atoms. The number of nitriles is 1.